The van der Waals surface area contributed by atoms with Crippen LogP contribution in [-0.4, -0.2) is 33.6 Å². The van der Waals surface area contributed by atoms with E-state index in [9.17, 15) is 14.9 Å². The van der Waals surface area contributed by atoms with Crippen LogP contribution in [0.15, 0.2) is 16.8 Å². The second-order valence-corrected chi connectivity index (χ2v) is 5.14. The summed E-state index contributed by atoms with van der Waals surface area (Å²) >= 11 is 0. The fraction of sp³-hybridized carbons (Fsp3) is 0.462. The Morgan fingerprint density at radius 1 is 1.38 bits per heavy atom. The lowest BCUT2D eigenvalue weighted by molar-refractivity contribution is -0.383. The monoisotopic (exact) mass is 290 g/mol. The van der Waals surface area contributed by atoms with E-state index in [1.165, 1.54) is 6.07 Å². The number of nitrogens with zero attached hydrogens (tertiary/aromatic N) is 4. The third-order valence-electron chi connectivity index (χ3n) is 3.85. The zero-order valence-corrected chi connectivity index (χ0v) is 11.5. The summed E-state index contributed by atoms with van der Waals surface area (Å²) in [6.07, 6.45) is 2.74. The molecular weight excluding hydrogens is 276 g/mol. The molecule has 0 aliphatic carbocycles. The topological polar surface area (TPSA) is 102 Å². The van der Waals surface area contributed by atoms with Gasteiger partial charge in [-0.05, 0) is 42.6 Å². The molecule has 0 amide bonds. The summed E-state index contributed by atoms with van der Waals surface area (Å²) in [4.78, 5) is 24.3. The van der Waals surface area contributed by atoms with Crippen molar-refractivity contribution in [3.05, 3.63) is 22.2 Å². The average molecular weight is 290 g/mol. The SMILES string of the molecule is CC(=O)C1CCCCN1c1ccc([N+](=O)[O-])c2nonc12. The highest BCUT2D eigenvalue weighted by Crippen LogP contribution is 2.34. The Morgan fingerprint density at radius 2 is 2.14 bits per heavy atom. The van der Waals surface area contributed by atoms with Crippen LogP contribution >= 0.6 is 0 Å². The van der Waals surface area contributed by atoms with Gasteiger partial charge in [-0.3, -0.25) is 14.9 Å². The summed E-state index contributed by atoms with van der Waals surface area (Å²) in [5.41, 5.74) is 0.964. The molecule has 1 fully saturated rings. The predicted molar refractivity (Wildman–Crippen MR) is 74.1 cm³/mol. The summed E-state index contributed by atoms with van der Waals surface area (Å²) in [5, 5.41) is 18.4. The molecule has 1 aromatic heterocycles. The zero-order chi connectivity index (χ0) is 15.0. The molecular formula is C13H14N4O4. The summed E-state index contributed by atoms with van der Waals surface area (Å²) in [5.74, 6) is 0.0812. The number of fused-ring (bicyclic) bond motifs is 1. The molecule has 2 aromatic rings. The second-order valence-electron chi connectivity index (χ2n) is 5.14. The molecule has 2 heterocycles. The molecule has 0 bridgehead atoms. The van der Waals surface area contributed by atoms with Gasteiger partial charge in [-0.1, -0.05) is 0 Å². The van der Waals surface area contributed by atoms with Gasteiger partial charge in [0.15, 0.2) is 11.3 Å². The van der Waals surface area contributed by atoms with Crippen LogP contribution < -0.4 is 4.90 Å². The molecule has 1 atom stereocenters. The Bertz CT molecular complexity index is 711. The highest BCUT2D eigenvalue weighted by atomic mass is 16.6. The van der Waals surface area contributed by atoms with Gasteiger partial charge in [0.1, 0.15) is 0 Å². The molecule has 0 spiro atoms. The number of hydrogen-bond acceptors (Lipinski definition) is 7. The maximum atomic E-state index is 11.8. The summed E-state index contributed by atoms with van der Waals surface area (Å²) in [6.45, 7) is 2.27. The standard InChI is InChI=1S/C13H14N4O4/c1-8(18)9-4-2-3-7-16(9)10-5-6-11(17(19)20)13-12(10)14-21-15-13/h5-6,9H,2-4,7H2,1H3. The number of aromatic nitrogens is 2. The molecule has 21 heavy (non-hydrogen) atoms. The Balaban J connectivity index is 2.12. The number of carbonyl (C=O) groups excluding carboxylic acids is 1. The van der Waals surface area contributed by atoms with E-state index in [2.05, 4.69) is 14.9 Å². The van der Waals surface area contributed by atoms with Crippen LogP contribution in [0.25, 0.3) is 11.0 Å². The van der Waals surface area contributed by atoms with Gasteiger partial charge in [0.05, 0.1) is 16.7 Å². The molecule has 1 saturated heterocycles. The van der Waals surface area contributed by atoms with Crippen LogP contribution in [0, 0.1) is 10.1 Å². The van der Waals surface area contributed by atoms with Crippen molar-refractivity contribution in [2.24, 2.45) is 0 Å². The lowest BCUT2D eigenvalue weighted by Gasteiger charge is -2.35. The van der Waals surface area contributed by atoms with E-state index in [0.717, 1.165) is 19.3 Å². The maximum absolute atomic E-state index is 11.8. The molecule has 8 nitrogen and oxygen atoms in total. The van der Waals surface area contributed by atoms with Crippen molar-refractivity contribution in [2.45, 2.75) is 32.2 Å². The molecule has 1 aromatic carbocycles. The molecule has 0 N–H and O–H groups in total. The first-order valence-corrected chi connectivity index (χ1v) is 6.76. The lowest BCUT2D eigenvalue weighted by Crippen LogP contribution is -2.44. The number of Topliss-reactive ketones (excluding diaryl/α,β-unsaturated/α-hetero) is 1. The third kappa shape index (κ3) is 2.22. The van der Waals surface area contributed by atoms with E-state index in [1.54, 1.807) is 13.0 Å². The van der Waals surface area contributed by atoms with E-state index < -0.39 is 4.92 Å². The van der Waals surface area contributed by atoms with Crippen molar-refractivity contribution in [3.63, 3.8) is 0 Å². The van der Waals surface area contributed by atoms with Crippen LogP contribution in [0.5, 0.6) is 0 Å². The average Bonchev–Trinajstić information content (AvgIpc) is 2.95. The zero-order valence-electron chi connectivity index (χ0n) is 11.5. The molecule has 8 heteroatoms. The van der Waals surface area contributed by atoms with Gasteiger partial charge < -0.3 is 4.90 Å². The number of hydrogen-bond donors (Lipinski definition) is 0. The van der Waals surface area contributed by atoms with Crippen molar-refractivity contribution >= 4 is 28.2 Å². The molecule has 1 aliphatic rings. The van der Waals surface area contributed by atoms with Crippen LogP contribution in [0.2, 0.25) is 0 Å². The van der Waals surface area contributed by atoms with E-state index >= 15 is 0 Å². The van der Waals surface area contributed by atoms with E-state index in [1.807, 2.05) is 4.90 Å². The molecule has 110 valence electrons. The van der Waals surface area contributed by atoms with Crippen LogP contribution in [0.4, 0.5) is 11.4 Å². The number of piperidine rings is 1. The number of nitro benzene ring substituents is 1. The number of rotatable bonds is 3. The largest absolute Gasteiger partial charge is 0.360 e. The first kappa shape index (κ1) is 13.5. The Morgan fingerprint density at radius 3 is 2.86 bits per heavy atom. The number of non-ortho nitro benzene ring substituents is 1. The fourth-order valence-corrected chi connectivity index (χ4v) is 2.86. The maximum Gasteiger partial charge on any atom is 0.300 e. The second kappa shape index (κ2) is 5.12. The molecule has 0 saturated carbocycles. The van der Waals surface area contributed by atoms with Gasteiger partial charge in [-0.25, -0.2) is 4.63 Å². The van der Waals surface area contributed by atoms with Crippen molar-refractivity contribution in [3.8, 4) is 0 Å². The van der Waals surface area contributed by atoms with Gasteiger partial charge in [0.2, 0.25) is 5.52 Å². The summed E-state index contributed by atoms with van der Waals surface area (Å²) in [7, 11) is 0. The summed E-state index contributed by atoms with van der Waals surface area (Å²) < 4.78 is 4.67. The summed E-state index contributed by atoms with van der Waals surface area (Å²) in [6, 6.07) is 2.78. The van der Waals surface area contributed by atoms with Crippen molar-refractivity contribution in [2.75, 3.05) is 11.4 Å². The quantitative estimate of drug-likeness (QED) is 0.629. The highest BCUT2D eigenvalue weighted by molar-refractivity contribution is 5.96. The van der Waals surface area contributed by atoms with Crippen LogP contribution in [0.3, 0.4) is 0 Å². The van der Waals surface area contributed by atoms with Crippen LogP contribution in [0.1, 0.15) is 26.2 Å². The normalized spacial score (nSPS) is 18.9. The van der Waals surface area contributed by atoms with Gasteiger partial charge in [-0.15, -0.1) is 0 Å². The number of ketones is 1. The van der Waals surface area contributed by atoms with Crippen LogP contribution in [-0.2, 0) is 4.79 Å². The van der Waals surface area contributed by atoms with Gasteiger partial charge >= 0.3 is 5.69 Å². The number of nitro groups is 1. The van der Waals surface area contributed by atoms with Gasteiger partial charge in [0.25, 0.3) is 0 Å². The van der Waals surface area contributed by atoms with Gasteiger partial charge in [0, 0.05) is 12.6 Å². The Labute approximate surface area is 119 Å². The van der Waals surface area contributed by atoms with E-state index in [-0.39, 0.29) is 23.0 Å². The Hall–Kier alpha value is -2.51. The minimum absolute atomic E-state index is 0.0812. The Kier molecular flexibility index (Phi) is 3.28. The molecule has 0 radical (unpaired) electrons. The smallest absolute Gasteiger partial charge is 0.300 e. The van der Waals surface area contributed by atoms with Crippen molar-refractivity contribution < 1.29 is 14.3 Å². The molecule has 1 unspecified atom stereocenters. The highest BCUT2D eigenvalue weighted by Gasteiger charge is 2.30. The molecule has 1 aliphatic heterocycles. The third-order valence-corrected chi connectivity index (χ3v) is 3.85. The molecule has 3 rings (SSSR count). The first-order chi connectivity index (χ1) is 10.1. The van der Waals surface area contributed by atoms with Crippen molar-refractivity contribution in [1.29, 1.82) is 0 Å². The van der Waals surface area contributed by atoms with Crippen molar-refractivity contribution in [1.82, 2.24) is 10.3 Å². The number of anilines is 1. The van der Waals surface area contributed by atoms with E-state index in [4.69, 9.17) is 0 Å². The lowest BCUT2D eigenvalue weighted by atomic mass is 9.98. The van der Waals surface area contributed by atoms with E-state index in [0.29, 0.717) is 17.7 Å². The first-order valence-electron chi connectivity index (χ1n) is 6.76. The minimum atomic E-state index is -0.519. The van der Waals surface area contributed by atoms with Gasteiger partial charge in [-0.2, -0.15) is 0 Å². The fourth-order valence-electron chi connectivity index (χ4n) is 2.86. The number of benzene rings is 1. The predicted octanol–water partition coefficient (Wildman–Crippen LogP) is 2.08. The minimum Gasteiger partial charge on any atom is -0.360 e. The number of carbonyl (C=O) groups is 1.